The average molecular weight is 441 g/mol. The number of aryl methyl sites for hydroxylation is 1. The molecule has 32 heavy (non-hydrogen) atoms. The Kier molecular flexibility index (Phi) is 5.34. The summed E-state index contributed by atoms with van der Waals surface area (Å²) in [5.41, 5.74) is 2.56. The topological polar surface area (TPSA) is 84.0 Å². The zero-order chi connectivity index (χ0) is 23.0. The number of aromatic nitrogens is 3. The summed E-state index contributed by atoms with van der Waals surface area (Å²) in [6.07, 6.45) is -3.24. The zero-order valence-corrected chi connectivity index (χ0v) is 17.2. The largest absolute Gasteiger partial charge is 0.480 e. The number of halogens is 3. The molecule has 2 aromatic heterocycles. The maximum absolute atomic E-state index is 13.1. The standard InChI is InChI=1S/C22H18F3N5O2/c1-13-5-6-27-20(7-13)30-11-16-10-29(12-18(16)28-30)21(31)17-8-15(9-26)3-4-19(17)32-14(2)22(23,24)25/h3-8,11,14H,10,12H2,1-2H3. The number of alkyl halides is 3. The van der Waals surface area contributed by atoms with Gasteiger partial charge in [0.1, 0.15) is 5.75 Å². The molecule has 3 aromatic rings. The van der Waals surface area contributed by atoms with Gasteiger partial charge in [-0.25, -0.2) is 9.67 Å². The lowest BCUT2D eigenvalue weighted by atomic mass is 10.1. The molecule has 164 valence electrons. The van der Waals surface area contributed by atoms with Crippen molar-refractivity contribution in [1.82, 2.24) is 19.7 Å². The first kappa shape index (κ1) is 21.4. The molecule has 7 nitrogen and oxygen atoms in total. The SMILES string of the molecule is Cc1ccnc(-n2cc3c(n2)CN(C(=O)c2cc(C#N)ccc2OC(C)C(F)(F)F)C3)c1. The monoisotopic (exact) mass is 441 g/mol. The molecule has 0 radical (unpaired) electrons. The van der Waals surface area contributed by atoms with Crippen LogP contribution in [0.25, 0.3) is 5.82 Å². The Morgan fingerprint density at radius 1 is 1.25 bits per heavy atom. The van der Waals surface area contributed by atoms with Crippen molar-refractivity contribution in [2.75, 3.05) is 0 Å². The molecule has 3 heterocycles. The van der Waals surface area contributed by atoms with Crippen molar-refractivity contribution in [2.24, 2.45) is 0 Å². The predicted molar refractivity (Wildman–Crippen MR) is 107 cm³/mol. The van der Waals surface area contributed by atoms with E-state index in [-0.39, 0.29) is 30.0 Å². The van der Waals surface area contributed by atoms with Gasteiger partial charge in [-0.05, 0) is 49.7 Å². The molecular formula is C22H18F3N5O2. The predicted octanol–water partition coefficient (Wildman–Crippen LogP) is 3.93. The third-order valence-corrected chi connectivity index (χ3v) is 5.11. The number of carbonyl (C=O) groups excluding carboxylic acids is 1. The van der Waals surface area contributed by atoms with Gasteiger partial charge in [-0.1, -0.05) is 0 Å². The molecule has 1 unspecified atom stereocenters. The summed E-state index contributed by atoms with van der Waals surface area (Å²) in [5.74, 6) is -0.113. The lowest BCUT2D eigenvalue weighted by Crippen LogP contribution is -2.32. The van der Waals surface area contributed by atoms with Crippen molar-refractivity contribution in [2.45, 2.75) is 39.2 Å². The van der Waals surface area contributed by atoms with Gasteiger partial charge in [0.05, 0.1) is 29.4 Å². The first-order valence-corrected chi connectivity index (χ1v) is 9.73. The first-order chi connectivity index (χ1) is 15.2. The number of carbonyl (C=O) groups is 1. The highest BCUT2D eigenvalue weighted by atomic mass is 19.4. The van der Waals surface area contributed by atoms with E-state index in [1.54, 1.807) is 17.1 Å². The van der Waals surface area contributed by atoms with E-state index in [1.165, 1.54) is 23.1 Å². The average Bonchev–Trinajstić information content (AvgIpc) is 3.32. The molecular weight excluding hydrogens is 423 g/mol. The minimum Gasteiger partial charge on any atom is -0.480 e. The van der Waals surface area contributed by atoms with Crippen LogP contribution in [0.5, 0.6) is 5.75 Å². The molecule has 4 rings (SSSR count). The third kappa shape index (κ3) is 4.14. The van der Waals surface area contributed by atoms with Crippen molar-refractivity contribution < 1.29 is 22.7 Å². The summed E-state index contributed by atoms with van der Waals surface area (Å²) in [7, 11) is 0. The summed E-state index contributed by atoms with van der Waals surface area (Å²) >= 11 is 0. The molecule has 1 aromatic carbocycles. The number of benzene rings is 1. The minimum atomic E-state index is -4.59. The van der Waals surface area contributed by atoms with Gasteiger partial charge in [-0.15, -0.1) is 0 Å². The van der Waals surface area contributed by atoms with Gasteiger partial charge in [-0.3, -0.25) is 4.79 Å². The van der Waals surface area contributed by atoms with Gasteiger partial charge < -0.3 is 9.64 Å². The Balaban J connectivity index is 1.57. The molecule has 1 amide bonds. The summed E-state index contributed by atoms with van der Waals surface area (Å²) in [5, 5.41) is 13.7. The van der Waals surface area contributed by atoms with Gasteiger partial charge in [0.25, 0.3) is 5.91 Å². The van der Waals surface area contributed by atoms with Gasteiger partial charge >= 0.3 is 6.18 Å². The van der Waals surface area contributed by atoms with Crippen LogP contribution in [0, 0.1) is 18.3 Å². The molecule has 0 bridgehead atoms. The van der Waals surface area contributed by atoms with Crippen LogP contribution in [0.2, 0.25) is 0 Å². The fourth-order valence-corrected chi connectivity index (χ4v) is 3.36. The van der Waals surface area contributed by atoms with Crippen molar-refractivity contribution in [1.29, 1.82) is 5.26 Å². The quantitative estimate of drug-likeness (QED) is 0.613. The molecule has 1 aliphatic rings. The fraction of sp³-hybridized carbons (Fsp3) is 0.273. The van der Waals surface area contributed by atoms with E-state index in [4.69, 9.17) is 10.00 Å². The second-order valence-electron chi connectivity index (χ2n) is 7.52. The number of nitrogens with zero attached hydrogens (tertiary/aromatic N) is 5. The molecule has 1 aliphatic heterocycles. The fourth-order valence-electron chi connectivity index (χ4n) is 3.36. The molecule has 0 spiro atoms. The highest BCUT2D eigenvalue weighted by Crippen LogP contribution is 2.31. The number of fused-ring (bicyclic) bond motifs is 1. The zero-order valence-electron chi connectivity index (χ0n) is 17.2. The smallest absolute Gasteiger partial charge is 0.425 e. The number of ether oxygens (including phenoxy) is 1. The maximum Gasteiger partial charge on any atom is 0.425 e. The Labute approximate surface area is 181 Å². The molecule has 1 atom stereocenters. The lowest BCUT2D eigenvalue weighted by molar-refractivity contribution is -0.189. The van der Waals surface area contributed by atoms with Crippen molar-refractivity contribution >= 4 is 5.91 Å². The summed E-state index contributed by atoms with van der Waals surface area (Å²) in [4.78, 5) is 18.9. The number of pyridine rings is 1. The van der Waals surface area contributed by atoms with Crippen LogP contribution in [-0.2, 0) is 13.1 Å². The number of nitriles is 1. The van der Waals surface area contributed by atoms with Crippen LogP contribution in [0.3, 0.4) is 0 Å². The Morgan fingerprint density at radius 2 is 2.03 bits per heavy atom. The number of amides is 1. The Hall–Kier alpha value is -3.87. The number of rotatable bonds is 4. The van der Waals surface area contributed by atoms with Crippen molar-refractivity contribution in [3.63, 3.8) is 0 Å². The molecule has 0 N–H and O–H groups in total. The van der Waals surface area contributed by atoms with Gasteiger partial charge in [0, 0.05) is 24.5 Å². The molecule has 0 fully saturated rings. The normalized spacial score (nSPS) is 14.1. The van der Waals surface area contributed by atoms with Gasteiger partial charge in [-0.2, -0.15) is 23.5 Å². The van der Waals surface area contributed by atoms with Crippen LogP contribution >= 0.6 is 0 Å². The Morgan fingerprint density at radius 3 is 2.69 bits per heavy atom. The second-order valence-corrected chi connectivity index (χ2v) is 7.52. The van der Waals surface area contributed by atoms with E-state index >= 15 is 0 Å². The van der Waals surface area contributed by atoms with Crippen LogP contribution in [0.1, 0.15) is 39.7 Å². The van der Waals surface area contributed by atoms with E-state index in [0.29, 0.717) is 11.5 Å². The second kappa shape index (κ2) is 8.00. The summed E-state index contributed by atoms with van der Waals surface area (Å²) < 4.78 is 45.6. The molecule has 0 saturated carbocycles. The van der Waals surface area contributed by atoms with Crippen LogP contribution in [0.4, 0.5) is 13.2 Å². The van der Waals surface area contributed by atoms with Crippen molar-refractivity contribution in [3.05, 3.63) is 70.7 Å². The van der Waals surface area contributed by atoms with Gasteiger partial charge in [0.2, 0.25) is 0 Å². The lowest BCUT2D eigenvalue weighted by Gasteiger charge is -2.22. The van der Waals surface area contributed by atoms with Crippen molar-refractivity contribution in [3.8, 4) is 17.6 Å². The van der Waals surface area contributed by atoms with E-state index < -0.39 is 18.2 Å². The Bertz CT molecular complexity index is 1210. The van der Waals surface area contributed by atoms with E-state index in [2.05, 4.69) is 10.1 Å². The highest BCUT2D eigenvalue weighted by molar-refractivity contribution is 5.97. The van der Waals surface area contributed by atoms with Crippen LogP contribution in [0.15, 0.2) is 42.7 Å². The van der Waals surface area contributed by atoms with Crippen LogP contribution < -0.4 is 4.74 Å². The van der Waals surface area contributed by atoms with Crippen LogP contribution in [-0.4, -0.2) is 37.9 Å². The summed E-state index contributed by atoms with van der Waals surface area (Å²) in [6.45, 7) is 3.21. The van der Waals surface area contributed by atoms with Gasteiger partial charge in [0.15, 0.2) is 11.9 Å². The highest BCUT2D eigenvalue weighted by Gasteiger charge is 2.39. The summed E-state index contributed by atoms with van der Waals surface area (Å²) in [6, 6.07) is 9.42. The maximum atomic E-state index is 13.1. The third-order valence-electron chi connectivity index (χ3n) is 5.11. The minimum absolute atomic E-state index is 0.0986. The number of hydrogen-bond acceptors (Lipinski definition) is 5. The van der Waals surface area contributed by atoms with E-state index in [0.717, 1.165) is 18.1 Å². The van der Waals surface area contributed by atoms with E-state index in [9.17, 15) is 18.0 Å². The molecule has 0 aliphatic carbocycles. The van der Waals surface area contributed by atoms with E-state index in [1.807, 2.05) is 25.1 Å². The number of hydrogen-bond donors (Lipinski definition) is 0. The molecule has 0 saturated heterocycles. The molecule has 10 heteroatoms. The first-order valence-electron chi connectivity index (χ1n) is 9.73.